The van der Waals surface area contributed by atoms with Crippen LogP contribution in [0.5, 0.6) is 0 Å². The molecule has 0 radical (unpaired) electrons. The van der Waals surface area contributed by atoms with Crippen molar-refractivity contribution in [1.82, 2.24) is 4.98 Å². The van der Waals surface area contributed by atoms with E-state index >= 15 is 0 Å². The van der Waals surface area contributed by atoms with Gasteiger partial charge in [-0.1, -0.05) is 6.08 Å². The molecular weight excluding hydrogens is 170 g/mol. The van der Waals surface area contributed by atoms with Gasteiger partial charge in [0.15, 0.2) is 5.43 Å². The molecule has 0 saturated heterocycles. The number of aromatic amines is 1. The van der Waals surface area contributed by atoms with Crippen molar-refractivity contribution >= 4 is 12.0 Å². The molecule has 4 heteroatoms. The largest absolute Gasteiger partial charge is 0.481 e. The van der Waals surface area contributed by atoms with Crippen LogP contribution < -0.4 is 5.43 Å². The molecule has 1 rings (SSSR count). The van der Waals surface area contributed by atoms with Crippen LogP contribution in [0.1, 0.15) is 12.1 Å². The zero-order valence-electron chi connectivity index (χ0n) is 6.86. The standard InChI is InChI=1S/C9H9NO3/c11-8-4-5-10-7(6-8)2-1-3-9(12)13/h1-2,4-6H,3H2,(H,10,11)(H,12,13). The molecule has 0 spiro atoms. The Morgan fingerprint density at radius 3 is 3.00 bits per heavy atom. The number of rotatable bonds is 3. The van der Waals surface area contributed by atoms with Crippen LogP contribution in [0.2, 0.25) is 0 Å². The fourth-order valence-corrected chi connectivity index (χ4v) is 0.846. The Kier molecular flexibility index (Phi) is 3.03. The fraction of sp³-hybridized carbons (Fsp3) is 0.111. The predicted octanol–water partition coefficient (Wildman–Crippen LogP) is 0.863. The Morgan fingerprint density at radius 2 is 2.38 bits per heavy atom. The summed E-state index contributed by atoms with van der Waals surface area (Å²) in [5.41, 5.74) is 0.502. The second-order valence-corrected chi connectivity index (χ2v) is 2.48. The van der Waals surface area contributed by atoms with E-state index in [0.29, 0.717) is 5.69 Å². The van der Waals surface area contributed by atoms with Gasteiger partial charge in [0.1, 0.15) is 0 Å². The maximum absolute atomic E-state index is 10.8. The molecule has 0 fully saturated rings. The molecule has 0 aromatic carbocycles. The van der Waals surface area contributed by atoms with Gasteiger partial charge in [0, 0.05) is 24.0 Å². The molecule has 4 nitrogen and oxygen atoms in total. The van der Waals surface area contributed by atoms with Crippen LogP contribution in [0.25, 0.3) is 6.08 Å². The maximum Gasteiger partial charge on any atom is 0.307 e. The molecule has 2 N–H and O–H groups in total. The minimum atomic E-state index is -0.894. The molecule has 0 saturated carbocycles. The van der Waals surface area contributed by atoms with Gasteiger partial charge in [0.05, 0.1) is 6.42 Å². The number of pyridine rings is 1. The lowest BCUT2D eigenvalue weighted by Gasteiger charge is -1.90. The van der Waals surface area contributed by atoms with Crippen molar-refractivity contribution in [2.24, 2.45) is 0 Å². The third kappa shape index (κ3) is 3.37. The zero-order valence-corrected chi connectivity index (χ0v) is 6.86. The summed E-state index contributed by atoms with van der Waals surface area (Å²) in [6, 6.07) is 2.80. The van der Waals surface area contributed by atoms with Gasteiger partial charge in [-0.25, -0.2) is 0 Å². The van der Waals surface area contributed by atoms with Gasteiger partial charge in [-0.05, 0) is 6.08 Å². The SMILES string of the molecule is O=C(O)CC=Cc1cc(=O)cc[nH]1. The first-order valence-corrected chi connectivity index (χ1v) is 3.75. The highest BCUT2D eigenvalue weighted by atomic mass is 16.4. The van der Waals surface area contributed by atoms with Crippen molar-refractivity contribution in [1.29, 1.82) is 0 Å². The number of aliphatic carboxylic acids is 1. The Balaban J connectivity index is 2.69. The quantitative estimate of drug-likeness (QED) is 0.723. The van der Waals surface area contributed by atoms with Gasteiger partial charge < -0.3 is 10.1 Å². The third-order valence-corrected chi connectivity index (χ3v) is 1.39. The van der Waals surface area contributed by atoms with E-state index in [1.807, 2.05) is 0 Å². The highest BCUT2D eigenvalue weighted by Crippen LogP contribution is 1.94. The molecule has 0 aliphatic heterocycles. The monoisotopic (exact) mass is 179 g/mol. The number of nitrogens with one attached hydrogen (secondary N) is 1. The highest BCUT2D eigenvalue weighted by Gasteiger charge is 1.90. The molecule has 13 heavy (non-hydrogen) atoms. The molecule has 1 aromatic heterocycles. The Bertz CT molecular complexity index is 378. The van der Waals surface area contributed by atoms with Gasteiger partial charge in [0.25, 0.3) is 0 Å². The second-order valence-electron chi connectivity index (χ2n) is 2.48. The van der Waals surface area contributed by atoms with E-state index in [1.54, 1.807) is 6.08 Å². The maximum atomic E-state index is 10.8. The number of hydrogen-bond acceptors (Lipinski definition) is 2. The first-order valence-electron chi connectivity index (χ1n) is 3.75. The number of carboxylic acid groups (broad SMARTS) is 1. The van der Waals surface area contributed by atoms with Crippen molar-refractivity contribution in [2.45, 2.75) is 6.42 Å². The van der Waals surface area contributed by atoms with Gasteiger partial charge in [-0.3, -0.25) is 9.59 Å². The molecule has 0 bridgehead atoms. The Morgan fingerprint density at radius 1 is 1.62 bits per heavy atom. The first kappa shape index (κ1) is 9.25. The summed E-state index contributed by atoms with van der Waals surface area (Å²) in [5, 5.41) is 8.32. The van der Waals surface area contributed by atoms with E-state index in [0.717, 1.165) is 0 Å². The topological polar surface area (TPSA) is 70.2 Å². The van der Waals surface area contributed by atoms with Crippen LogP contribution in [0.3, 0.4) is 0 Å². The lowest BCUT2D eigenvalue weighted by atomic mass is 10.3. The van der Waals surface area contributed by atoms with Crippen LogP contribution in [0, 0.1) is 0 Å². The van der Waals surface area contributed by atoms with Gasteiger partial charge >= 0.3 is 5.97 Å². The van der Waals surface area contributed by atoms with Gasteiger partial charge in [-0.15, -0.1) is 0 Å². The van der Waals surface area contributed by atoms with E-state index in [9.17, 15) is 9.59 Å². The summed E-state index contributed by atoms with van der Waals surface area (Å²) in [5.74, 6) is -0.894. The van der Waals surface area contributed by atoms with E-state index in [2.05, 4.69) is 4.98 Å². The van der Waals surface area contributed by atoms with Crippen LogP contribution >= 0.6 is 0 Å². The molecule has 0 aliphatic carbocycles. The number of H-pyrrole nitrogens is 1. The average molecular weight is 179 g/mol. The van der Waals surface area contributed by atoms with Crippen LogP contribution in [-0.4, -0.2) is 16.1 Å². The molecule has 0 aliphatic rings. The summed E-state index contributed by atoms with van der Waals surface area (Å²) in [4.78, 5) is 23.8. The van der Waals surface area contributed by atoms with Crippen LogP contribution in [-0.2, 0) is 4.79 Å². The summed E-state index contributed by atoms with van der Waals surface area (Å²) in [7, 11) is 0. The highest BCUT2D eigenvalue weighted by molar-refractivity contribution is 5.70. The number of hydrogen-bond donors (Lipinski definition) is 2. The van der Waals surface area contributed by atoms with Gasteiger partial charge in [0.2, 0.25) is 0 Å². The number of carbonyl (C=O) groups is 1. The minimum absolute atomic E-state index is 0.0447. The smallest absolute Gasteiger partial charge is 0.307 e. The summed E-state index contributed by atoms with van der Waals surface area (Å²) < 4.78 is 0. The summed E-state index contributed by atoms with van der Waals surface area (Å²) in [6.07, 6.45) is 4.52. The molecular formula is C9H9NO3. The van der Waals surface area contributed by atoms with Crippen molar-refractivity contribution in [2.75, 3.05) is 0 Å². The molecule has 68 valence electrons. The molecule has 0 atom stereocenters. The van der Waals surface area contributed by atoms with E-state index in [1.165, 1.54) is 24.4 Å². The van der Waals surface area contributed by atoms with Crippen LogP contribution in [0.15, 0.2) is 29.2 Å². The minimum Gasteiger partial charge on any atom is -0.481 e. The molecule has 0 amide bonds. The van der Waals surface area contributed by atoms with Crippen molar-refractivity contribution in [3.8, 4) is 0 Å². The number of aromatic nitrogens is 1. The third-order valence-electron chi connectivity index (χ3n) is 1.39. The second kappa shape index (κ2) is 4.25. The van der Waals surface area contributed by atoms with E-state index < -0.39 is 5.97 Å². The normalized spacial score (nSPS) is 10.5. The Hall–Kier alpha value is -1.84. The summed E-state index contributed by atoms with van der Waals surface area (Å²) in [6.45, 7) is 0. The molecule has 1 aromatic rings. The first-order chi connectivity index (χ1) is 6.18. The predicted molar refractivity (Wildman–Crippen MR) is 48.3 cm³/mol. The van der Waals surface area contributed by atoms with E-state index in [4.69, 9.17) is 5.11 Å². The number of carboxylic acids is 1. The van der Waals surface area contributed by atoms with Crippen molar-refractivity contribution in [3.05, 3.63) is 40.3 Å². The van der Waals surface area contributed by atoms with Crippen molar-refractivity contribution in [3.63, 3.8) is 0 Å². The van der Waals surface area contributed by atoms with Crippen molar-refractivity contribution < 1.29 is 9.90 Å². The Labute approximate surface area is 74.5 Å². The molecule has 0 unspecified atom stereocenters. The van der Waals surface area contributed by atoms with E-state index in [-0.39, 0.29) is 11.8 Å². The fourth-order valence-electron chi connectivity index (χ4n) is 0.846. The zero-order chi connectivity index (χ0) is 9.68. The summed E-state index contributed by atoms with van der Waals surface area (Å²) >= 11 is 0. The lowest BCUT2D eigenvalue weighted by molar-refractivity contribution is -0.135. The van der Waals surface area contributed by atoms with Gasteiger partial charge in [-0.2, -0.15) is 0 Å². The lowest BCUT2D eigenvalue weighted by Crippen LogP contribution is -1.97. The molecule has 1 heterocycles. The average Bonchev–Trinajstić information content (AvgIpc) is 2.03. The van der Waals surface area contributed by atoms with Crippen LogP contribution in [0.4, 0.5) is 0 Å².